The molecule has 5 amide bonds. The van der Waals surface area contributed by atoms with Crippen LogP contribution in [0.2, 0.25) is 0 Å². The predicted molar refractivity (Wildman–Crippen MR) is 170 cm³/mol. The number of nitrogens with two attached hydrogens (primary N) is 1. The second-order valence-electron chi connectivity index (χ2n) is 15.9. The van der Waals surface area contributed by atoms with Gasteiger partial charge in [0.2, 0.25) is 17.6 Å². The van der Waals surface area contributed by atoms with Crippen molar-refractivity contribution >= 4 is 35.3 Å². The number of hydrogen-bond donors (Lipinski definition) is 4. The van der Waals surface area contributed by atoms with Crippen molar-refractivity contribution in [2.45, 2.75) is 134 Å². The van der Waals surface area contributed by atoms with E-state index in [9.17, 15) is 28.8 Å². The quantitative estimate of drug-likeness (QED) is 0.226. The molecule has 1 saturated heterocycles. The lowest BCUT2D eigenvalue weighted by atomic mass is 9.81. The van der Waals surface area contributed by atoms with E-state index in [1.54, 1.807) is 4.90 Å². The number of fused-ring (bicyclic) bond motifs is 1. The fraction of sp³-hybridized carbons (Fsp3) is 0.829. The molecule has 0 aromatic rings. The summed E-state index contributed by atoms with van der Waals surface area (Å²) in [4.78, 5) is 81.6. The number of nitrogens with zero attached hydrogens (tertiary/aromatic N) is 1. The monoisotopic (exact) mass is 639 g/mol. The van der Waals surface area contributed by atoms with Crippen molar-refractivity contribution in [1.29, 1.82) is 0 Å². The Bertz CT molecular complexity index is 1230. The summed E-state index contributed by atoms with van der Waals surface area (Å²) >= 11 is 0. The van der Waals surface area contributed by atoms with Crippen molar-refractivity contribution in [3.63, 3.8) is 0 Å². The first kappa shape index (κ1) is 32.9. The smallest absolute Gasteiger partial charge is 0.316 e. The molecule has 6 atom stereocenters. The average molecular weight is 640 g/mol. The van der Waals surface area contributed by atoms with Crippen molar-refractivity contribution in [2.24, 2.45) is 46.7 Å². The minimum absolute atomic E-state index is 0.0205. The van der Waals surface area contributed by atoms with Crippen LogP contribution < -0.4 is 21.7 Å². The molecule has 1 unspecified atom stereocenters. The van der Waals surface area contributed by atoms with E-state index in [-0.39, 0.29) is 52.6 Å². The SMILES string of the molecule is CC1(C)[C@@H]2[C@@H](C(=O)NC(CC3CC3)C(=O)C(N)=O)N(C(=O)[C@@H](NC(=O)N[C@H](C(=O)C3CC3)C3CCCCC3)C3CCCCC3)C[C@@H]21. The zero-order valence-corrected chi connectivity index (χ0v) is 27.6. The van der Waals surface area contributed by atoms with Gasteiger partial charge in [-0.1, -0.05) is 65.2 Å². The van der Waals surface area contributed by atoms with Gasteiger partial charge in [-0.25, -0.2) is 4.79 Å². The minimum Gasteiger partial charge on any atom is -0.363 e. The first-order valence-electron chi connectivity index (χ1n) is 18.0. The summed E-state index contributed by atoms with van der Waals surface area (Å²) in [6.07, 6.45) is 13.7. The molecule has 0 bridgehead atoms. The molecule has 1 aliphatic heterocycles. The van der Waals surface area contributed by atoms with Gasteiger partial charge in [0, 0.05) is 12.5 Å². The summed E-state index contributed by atoms with van der Waals surface area (Å²) in [5, 5.41) is 8.88. The van der Waals surface area contributed by atoms with Gasteiger partial charge in [0.1, 0.15) is 12.1 Å². The normalized spacial score (nSPS) is 29.5. The van der Waals surface area contributed by atoms with E-state index >= 15 is 0 Å². The minimum atomic E-state index is -1.07. The molecule has 11 heteroatoms. The lowest BCUT2D eigenvalue weighted by molar-refractivity contribution is -0.144. The molecule has 0 spiro atoms. The molecule has 5 saturated carbocycles. The Balaban J connectivity index is 1.20. The summed E-state index contributed by atoms with van der Waals surface area (Å²) in [6, 6.07) is -3.67. The first-order chi connectivity index (χ1) is 22.0. The average Bonchev–Trinajstić information content (AvgIpc) is 4.00. The Morgan fingerprint density at radius 3 is 1.87 bits per heavy atom. The summed E-state index contributed by atoms with van der Waals surface area (Å²) in [5.74, 6) is -2.14. The van der Waals surface area contributed by atoms with Crippen molar-refractivity contribution in [3.05, 3.63) is 0 Å². The van der Waals surface area contributed by atoms with Crippen molar-refractivity contribution in [3.8, 4) is 0 Å². The molecule has 254 valence electrons. The predicted octanol–water partition coefficient (Wildman–Crippen LogP) is 2.98. The van der Waals surface area contributed by atoms with Crippen LogP contribution in [0.1, 0.15) is 110 Å². The number of hydrogen-bond acceptors (Lipinski definition) is 6. The van der Waals surface area contributed by atoms with Gasteiger partial charge in [-0.05, 0) is 80.0 Å². The van der Waals surface area contributed by atoms with Crippen LogP contribution in [0.5, 0.6) is 0 Å². The zero-order chi connectivity index (χ0) is 32.7. The standard InChI is InChI=1S/C35H53N5O6/c1-35(2)23-18-40(28(25(23)35)32(44)37-24(17-19-13-14-19)30(42)31(36)43)33(45)27(21-11-7-4-8-12-21)39-34(46)38-26(29(41)22-15-16-22)20-9-5-3-6-10-20/h19-28H,3-18H2,1-2H3,(H2,36,43)(H,37,44)(H2,38,39,46)/t23-,24?,25-,26-,27-,28-/m0/s1. The van der Waals surface area contributed by atoms with Gasteiger partial charge >= 0.3 is 6.03 Å². The maximum absolute atomic E-state index is 14.5. The largest absolute Gasteiger partial charge is 0.363 e. The molecule has 46 heavy (non-hydrogen) atoms. The molecule has 5 aliphatic carbocycles. The third kappa shape index (κ3) is 6.98. The van der Waals surface area contributed by atoms with E-state index < -0.39 is 47.8 Å². The van der Waals surface area contributed by atoms with Crippen LogP contribution in [0.4, 0.5) is 4.79 Å². The van der Waals surface area contributed by atoms with E-state index in [0.29, 0.717) is 13.0 Å². The molecular formula is C35H53N5O6. The number of likely N-dealkylation sites (tertiary alicyclic amines) is 1. The maximum atomic E-state index is 14.5. The summed E-state index contributed by atoms with van der Waals surface area (Å²) < 4.78 is 0. The Labute approximate surface area is 272 Å². The molecular weight excluding hydrogens is 586 g/mol. The van der Waals surface area contributed by atoms with E-state index in [1.165, 1.54) is 0 Å². The molecule has 0 radical (unpaired) electrons. The van der Waals surface area contributed by atoms with Gasteiger partial charge in [-0.15, -0.1) is 0 Å². The van der Waals surface area contributed by atoms with Gasteiger partial charge in [-0.2, -0.15) is 0 Å². The van der Waals surface area contributed by atoms with Crippen LogP contribution >= 0.6 is 0 Å². The van der Waals surface area contributed by atoms with Crippen molar-refractivity contribution in [2.75, 3.05) is 6.54 Å². The number of rotatable bonds is 13. The molecule has 11 nitrogen and oxygen atoms in total. The van der Waals surface area contributed by atoms with E-state index in [0.717, 1.165) is 89.9 Å². The van der Waals surface area contributed by atoms with E-state index in [1.807, 2.05) is 0 Å². The number of carbonyl (C=O) groups is 6. The van der Waals surface area contributed by atoms with Crippen LogP contribution in [-0.2, 0) is 24.0 Å². The first-order valence-corrected chi connectivity index (χ1v) is 18.0. The number of carbonyl (C=O) groups excluding carboxylic acids is 6. The summed E-state index contributed by atoms with van der Waals surface area (Å²) in [7, 11) is 0. The number of urea groups is 1. The van der Waals surface area contributed by atoms with Crippen LogP contribution in [0.25, 0.3) is 0 Å². The van der Waals surface area contributed by atoms with Gasteiger partial charge in [0.15, 0.2) is 5.78 Å². The van der Waals surface area contributed by atoms with Crippen LogP contribution in [0, 0.1) is 40.9 Å². The van der Waals surface area contributed by atoms with E-state index in [4.69, 9.17) is 5.73 Å². The lowest BCUT2D eigenvalue weighted by Crippen LogP contribution is -2.61. The Kier molecular flexibility index (Phi) is 9.50. The number of nitrogens with one attached hydrogen (secondary N) is 3. The van der Waals surface area contributed by atoms with Gasteiger partial charge in [0.25, 0.3) is 5.91 Å². The second kappa shape index (κ2) is 13.3. The third-order valence-electron chi connectivity index (χ3n) is 12.3. The highest BCUT2D eigenvalue weighted by atomic mass is 16.2. The highest BCUT2D eigenvalue weighted by molar-refractivity contribution is 6.37. The zero-order valence-electron chi connectivity index (χ0n) is 27.6. The fourth-order valence-corrected chi connectivity index (χ4v) is 9.02. The second-order valence-corrected chi connectivity index (χ2v) is 15.9. The fourth-order valence-electron chi connectivity index (χ4n) is 9.02. The topological polar surface area (TPSA) is 168 Å². The van der Waals surface area contributed by atoms with Gasteiger partial charge < -0.3 is 26.6 Å². The molecule has 6 fully saturated rings. The van der Waals surface area contributed by atoms with E-state index in [2.05, 4.69) is 29.8 Å². The Hall–Kier alpha value is -2.98. The van der Waals surface area contributed by atoms with Crippen molar-refractivity contribution in [1.82, 2.24) is 20.9 Å². The number of amides is 5. The van der Waals surface area contributed by atoms with Gasteiger partial charge in [-0.3, -0.25) is 24.0 Å². The number of ketones is 2. The number of Topliss-reactive ketones (excluding diaryl/α,β-unsaturated/α-hetero) is 2. The summed E-state index contributed by atoms with van der Waals surface area (Å²) in [5.41, 5.74) is 5.18. The van der Waals surface area contributed by atoms with Crippen LogP contribution in [0.15, 0.2) is 0 Å². The highest BCUT2D eigenvalue weighted by Crippen LogP contribution is 2.65. The Morgan fingerprint density at radius 1 is 0.761 bits per heavy atom. The Morgan fingerprint density at radius 2 is 1.33 bits per heavy atom. The molecule has 0 aromatic carbocycles. The highest BCUT2D eigenvalue weighted by Gasteiger charge is 2.69. The van der Waals surface area contributed by atoms with Gasteiger partial charge in [0.05, 0.1) is 12.1 Å². The molecule has 6 aliphatic rings. The molecule has 1 heterocycles. The van der Waals surface area contributed by atoms with Crippen LogP contribution in [-0.4, -0.2) is 70.9 Å². The maximum Gasteiger partial charge on any atom is 0.316 e. The molecule has 0 aromatic heterocycles. The number of piperidine rings is 1. The summed E-state index contributed by atoms with van der Waals surface area (Å²) in [6.45, 7) is 4.57. The van der Waals surface area contributed by atoms with Crippen molar-refractivity contribution < 1.29 is 28.8 Å². The lowest BCUT2D eigenvalue weighted by Gasteiger charge is -2.37. The third-order valence-corrected chi connectivity index (χ3v) is 12.3. The molecule has 6 rings (SSSR count). The number of primary amides is 1. The molecule has 5 N–H and O–H groups in total. The van der Waals surface area contributed by atoms with Crippen LogP contribution in [0.3, 0.4) is 0 Å².